The molecule has 0 radical (unpaired) electrons. The number of ether oxygens (including phenoxy) is 2. The molecule has 3 heterocycles. The normalized spacial score (nSPS) is 14.4. The van der Waals surface area contributed by atoms with Gasteiger partial charge in [0.2, 0.25) is 0 Å². The molecule has 2 aromatic heterocycles. The van der Waals surface area contributed by atoms with E-state index in [2.05, 4.69) is 36.9 Å². The minimum absolute atomic E-state index is 0.413. The molecule has 0 bridgehead atoms. The molecule has 7 nitrogen and oxygen atoms in total. The molecule has 0 unspecified atom stereocenters. The van der Waals surface area contributed by atoms with Crippen LogP contribution in [-0.2, 0) is 6.54 Å². The van der Waals surface area contributed by atoms with Crippen molar-refractivity contribution in [1.82, 2.24) is 19.4 Å². The van der Waals surface area contributed by atoms with Crippen molar-refractivity contribution < 1.29 is 9.47 Å². The average Bonchev–Trinajstić information content (AvgIpc) is 3.46. The van der Waals surface area contributed by atoms with Crippen LogP contribution in [0.15, 0.2) is 79.4 Å². The third-order valence-corrected chi connectivity index (χ3v) is 6.61. The van der Waals surface area contributed by atoms with Gasteiger partial charge < -0.3 is 19.4 Å². The van der Waals surface area contributed by atoms with Gasteiger partial charge in [-0.1, -0.05) is 30.3 Å². The van der Waals surface area contributed by atoms with E-state index < -0.39 is 0 Å². The van der Waals surface area contributed by atoms with Gasteiger partial charge in [0.15, 0.2) is 5.82 Å². The standard InChI is InChI=1S/C30H35N5O2/c1-3-36-27-18-23(19-28(37-4-2)29(27)35-14-8-9-15-35)22-34-16-12-25(13-17-34)33-26-20-31-30(32-21-26)24-10-6-5-7-11-24/h5-11,14-15,18-21,25,33H,3-4,12-13,16-17,22H2,1-2H3. The summed E-state index contributed by atoms with van der Waals surface area (Å²) in [6, 6.07) is 18.8. The molecule has 7 heteroatoms. The van der Waals surface area contributed by atoms with E-state index in [0.29, 0.717) is 19.3 Å². The van der Waals surface area contributed by atoms with Gasteiger partial charge in [-0.3, -0.25) is 4.90 Å². The Kier molecular flexibility index (Phi) is 8.01. The Morgan fingerprint density at radius 1 is 0.865 bits per heavy atom. The summed E-state index contributed by atoms with van der Waals surface area (Å²) in [5.41, 5.74) is 4.17. The average molecular weight is 498 g/mol. The summed E-state index contributed by atoms with van der Waals surface area (Å²) < 4.78 is 14.2. The molecule has 2 aromatic carbocycles. The minimum atomic E-state index is 0.413. The number of rotatable bonds is 10. The fraction of sp³-hybridized carbons (Fsp3) is 0.333. The van der Waals surface area contributed by atoms with Gasteiger partial charge in [-0.2, -0.15) is 0 Å². The number of benzene rings is 2. The molecule has 1 aliphatic rings. The maximum Gasteiger partial charge on any atom is 0.159 e. The molecule has 4 aromatic rings. The molecule has 0 saturated carbocycles. The second kappa shape index (κ2) is 11.9. The van der Waals surface area contributed by atoms with Crippen molar-refractivity contribution in [2.75, 3.05) is 31.6 Å². The monoisotopic (exact) mass is 497 g/mol. The van der Waals surface area contributed by atoms with Gasteiger partial charge in [-0.25, -0.2) is 9.97 Å². The van der Waals surface area contributed by atoms with Crippen LogP contribution in [0.5, 0.6) is 11.5 Å². The maximum atomic E-state index is 6.06. The quantitative estimate of drug-likeness (QED) is 0.298. The zero-order valence-corrected chi connectivity index (χ0v) is 21.6. The summed E-state index contributed by atoms with van der Waals surface area (Å²) >= 11 is 0. The first-order valence-electron chi connectivity index (χ1n) is 13.2. The molecule has 5 rings (SSSR count). The fourth-order valence-corrected chi connectivity index (χ4v) is 4.87. The number of nitrogens with zero attached hydrogens (tertiary/aromatic N) is 4. The van der Waals surface area contributed by atoms with Crippen LogP contribution in [0.3, 0.4) is 0 Å². The predicted molar refractivity (Wildman–Crippen MR) is 147 cm³/mol. The topological polar surface area (TPSA) is 64.4 Å². The molecule has 1 fully saturated rings. The lowest BCUT2D eigenvalue weighted by atomic mass is 10.0. The third kappa shape index (κ3) is 6.12. The van der Waals surface area contributed by atoms with E-state index in [-0.39, 0.29) is 0 Å². The van der Waals surface area contributed by atoms with E-state index in [4.69, 9.17) is 9.47 Å². The second-order valence-corrected chi connectivity index (χ2v) is 9.25. The van der Waals surface area contributed by atoms with Crippen LogP contribution in [0, 0.1) is 0 Å². The lowest BCUT2D eigenvalue weighted by Crippen LogP contribution is -2.38. The molecule has 0 spiro atoms. The largest absolute Gasteiger partial charge is 0.492 e. The van der Waals surface area contributed by atoms with Crippen LogP contribution < -0.4 is 14.8 Å². The zero-order valence-electron chi connectivity index (χ0n) is 21.6. The number of hydrogen-bond donors (Lipinski definition) is 1. The lowest BCUT2D eigenvalue weighted by Gasteiger charge is -2.33. The van der Waals surface area contributed by atoms with Gasteiger partial charge in [0.1, 0.15) is 17.2 Å². The maximum absolute atomic E-state index is 6.06. The van der Waals surface area contributed by atoms with E-state index in [0.717, 1.165) is 66.7 Å². The first kappa shape index (κ1) is 24.8. The molecule has 1 aliphatic heterocycles. The van der Waals surface area contributed by atoms with Gasteiger partial charge in [0.25, 0.3) is 0 Å². The fourth-order valence-electron chi connectivity index (χ4n) is 4.87. The molecule has 0 atom stereocenters. The Hall–Kier alpha value is -3.84. The number of hydrogen-bond acceptors (Lipinski definition) is 6. The van der Waals surface area contributed by atoms with Crippen LogP contribution in [0.25, 0.3) is 17.1 Å². The van der Waals surface area contributed by atoms with E-state index in [1.807, 2.05) is 81.1 Å². The van der Waals surface area contributed by atoms with Crippen molar-refractivity contribution in [3.63, 3.8) is 0 Å². The highest BCUT2D eigenvalue weighted by atomic mass is 16.5. The van der Waals surface area contributed by atoms with Crippen LogP contribution in [0.4, 0.5) is 5.69 Å². The van der Waals surface area contributed by atoms with Gasteiger partial charge in [-0.15, -0.1) is 0 Å². The van der Waals surface area contributed by atoms with Crippen LogP contribution in [0.1, 0.15) is 32.3 Å². The number of aromatic nitrogens is 3. The van der Waals surface area contributed by atoms with Crippen LogP contribution >= 0.6 is 0 Å². The Labute approximate surface area is 219 Å². The summed E-state index contributed by atoms with van der Waals surface area (Å²) in [6.07, 6.45) is 9.96. The Morgan fingerprint density at radius 2 is 1.49 bits per heavy atom. The predicted octanol–water partition coefficient (Wildman–Crippen LogP) is 5.81. The summed E-state index contributed by atoms with van der Waals surface area (Å²) in [7, 11) is 0. The van der Waals surface area contributed by atoms with Crippen molar-refractivity contribution in [3.8, 4) is 28.6 Å². The summed E-state index contributed by atoms with van der Waals surface area (Å²) in [4.78, 5) is 11.6. The number of likely N-dealkylation sites (tertiary alicyclic amines) is 1. The highest BCUT2D eigenvalue weighted by Crippen LogP contribution is 2.35. The zero-order chi connectivity index (χ0) is 25.5. The molecule has 0 aliphatic carbocycles. The molecule has 0 amide bonds. The highest BCUT2D eigenvalue weighted by Gasteiger charge is 2.21. The van der Waals surface area contributed by atoms with Crippen molar-refractivity contribution in [2.24, 2.45) is 0 Å². The highest BCUT2D eigenvalue weighted by molar-refractivity contribution is 5.60. The molecular weight excluding hydrogens is 462 g/mol. The molecular formula is C30H35N5O2. The van der Waals surface area contributed by atoms with E-state index in [1.54, 1.807) is 0 Å². The second-order valence-electron chi connectivity index (χ2n) is 9.25. The van der Waals surface area contributed by atoms with Crippen LogP contribution in [-0.4, -0.2) is 51.8 Å². The summed E-state index contributed by atoms with van der Waals surface area (Å²) in [5.74, 6) is 2.46. The number of piperidine rings is 1. The Bertz CT molecular complexity index is 1220. The van der Waals surface area contributed by atoms with E-state index >= 15 is 0 Å². The van der Waals surface area contributed by atoms with Crippen LogP contribution in [0.2, 0.25) is 0 Å². The number of nitrogens with one attached hydrogen (secondary N) is 1. The first-order chi connectivity index (χ1) is 18.2. The minimum Gasteiger partial charge on any atom is -0.492 e. The summed E-state index contributed by atoms with van der Waals surface area (Å²) in [6.45, 7) is 8.16. The SMILES string of the molecule is CCOc1cc(CN2CCC(Nc3cnc(-c4ccccc4)nc3)CC2)cc(OCC)c1-n1cccc1. The first-order valence-corrected chi connectivity index (χ1v) is 13.2. The molecule has 1 saturated heterocycles. The Balaban J connectivity index is 1.21. The van der Waals surface area contributed by atoms with E-state index in [9.17, 15) is 0 Å². The van der Waals surface area contributed by atoms with Gasteiger partial charge >= 0.3 is 0 Å². The van der Waals surface area contributed by atoms with Crippen molar-refractivity contribution >= 4 is 5.69 Å². The van der Waals surface area contributed by atoms with Crippen molar-refractivity contribution in [2.45, 2.75) is 39.3 Å². The smallest absolute Gasteiger partial charge is 0.159 e. The number of anilines is 1. The lowest BCUT2D eigenvalue weighted by molar-refractivity contribution is 0.210. The molecule has 192 valence electrons. The third-order valence-electron chi connectivity index (χ3n) is 6.61. The van der Waals surface area contributed by atoms with Gasteiger partial charge in [-0.05, 0) is 56.5 Å². The Morgan fingerprint density at radius 3 is 2.08 bits per heavy atom. The van der Waals surface area contributed by atoms with Crippen molar-refractivity contribution in [1.29, 1.82) is 0 Å². The molecule has 37 heavy (non-hydrogen) atoms. The van der Waals surface area contributed by atoms with Gasteiger partial charge in [0.05, 0.1) is 31.3 Å². The van der Waals surface area contributed by atoms with E-state index in [1.165, 1.54) is 5.56 Å². The molecule has 1 N–H and O–H groups in total. The van der Waals surface area contributed by atoms with Crippen molar-refractivity contribution in [3.05, 3.63) is 84.9 Å². The summed E-state index contributed by atoms with van der Waals surface area (Å²) in [5, 5.41) is 3.62. The van der Waals surface area contributed by atoms with Gasteiger partial charge in [0, 0.05) is 43.6 Å².